The van der Waals surface area contributed by atoms with Crippen LogP contribution in [0.25, 0.3) is 11.1 Å². The molecule has 0 radical (unpaired) electrons. The Morgan fingerprint density at radius 1 is 1.31 bits per heavy atom. The lowest BCUT2D eigenvalue weighted by Gasteiger charge is -2.26. The lowest BCUT2D eigenvalue weighted by atomic mass is 10.0. The van der Waals surface area contributed by atoms with E-state index in [0.29, 0.717) is 36.5 Å². The number of amides is 1. The standard InChI is InChI=1S/C20H24N2O3S/c1-14(23)18-17(7-10-26-18)15-5-4-6-16(11-15)19(24)22-9-8-20(25,13-22)12-21(2)3/h4-7,10-11,25H,8-9,12-13H2,1-3H3. The van der Waals surface area contributed by atoms with Gasteiger partial charge in [-0.1, -0.05) is 12.1 Å². The van der Waals surface area contributed by atoms with E-state index in [1.807, 2.05) is 48.6 Å². The van der Waals surface area contributed by atoms with Gasteiger partial charge in [0, 0.05) is 24.2 Å². The number of likely N-dealkylation sites (tertiary alicyclic amines) is 1. The Morgan fingerprint density at radius 3 is 2.77 bits per heavy atom. The molecule has 1 unspecified atom stereocenters. The molecule has 1 amide bonds. The molecule has 1 aromatic heterocycles. The monoisotopic (exact) mass is 372 g/mol. The van der Waals surface area contributed by atoms with Crippen molar-refractivity contribution in [2.75, 3.05) is 33.7 Å². The third-order valence-electron chi connectivity index (χ3n) is 4.64. The van der Waals surface area contributed by atoms with E-state index < -0.39 is 5.60 Å². The number of hydrogen-bond donors (Lipinski definition) is 1. The SMILES string of the molecule is CC(=O)c1sccc1-c1cccc(C(=O)N2CCC(O)(CN(C)C)C2)c1. The van der Waals surface area contributed by atoms with E-state index in [2.05, 4.69) is 0 Å². The maximum atomic E-state index is 12.9. The van der Waals surface area contributed by atoms with Crippen LogP contribution in [0.1, 0.15) is 33.4 Å². The molecular formula is C20H24N2O3S. The fourth-order valence-corrected chi connectivity index (χ4v) is 4.38. The Balaban J connectivity index is 1.81. The number of β-amino-alcohol motifs (C(OH)–C–C–N with tert-alkyl or cyclic N) is 1. The van der Waals surface area contributed by atoms with Gasteiger partial charge in [-0.15, -0.1) is 11.3 Å². The predicted octanol–water partition coefficient (Wildman–Crippen LogP) is 2.76. The quantitative estimate of drug-likeness (QED) is 0.820. The molecule has 0 bridgehead atoms. The molecule has 2 heterocycles. The number of aliphatic hydroxyl groups is 1. The number of nitrogens with zero attached hydrogens (tertiary/aromatic N) is 2. The molecule has 0 aliphatic carbocycles. The zero-order valence-electron chi connectivity index (χ0n) is 15.4. The van der Waals surface area contributed by atoms with E-state index >= 15 is 0 Å². The summed E-state index contributed by atoms with van der Waals surface area (Å²) >= 11 is 1.41. The van der Waals surface area contributed by atoms with Crippen molar-refractivity contribution in [1.82, 2.24) is 9.80 Å². The van der Waals surface area contributed by atoms with Gasteiger partial charge in [0.2, 0.25) is 0 Å². The lowest BCUT2D eigenvalue weighted by Crippen LogP contribution is -2.43. The summed E-state index contributed by atoms with van der Waals surface area (Å²) in [4.78, 5) is 29.0. The second-order valence-electron chi connectivity index (χ2n) is 7.24. The third kappa shape index (κ3) is 3.87. The molecule has 2 aromatic rings. The highest BCUT2D eigenvalue weighted by atomic mass is 32.1. The topological polar surface area (TPSA) is 60.9 Å². The second-order valence-corrected chi connectivity index (χ2v) is 8.16. The van der Waals surface area contributed by atoms with Crippen molar-refractivity contribution in [3.8, 4) is 11.1 Å². The second kappa shape index (κ2) is 7.31. The first-order valence-electron chi connectivity index (χ1n) is 8.64. The summed E-state index contributed by atoms with van der Waals surface area (Å²) in [6.07, 6.45) is 0.579. The first kappa shape index (κ1) is 18.8. The van der Waals surface area contributed by atoms with Crippen molar-refractivity contribution in [2.24, 2.45) is 0 Å². The minimum absolute atomic E-state index is 0.0278. The first-order chi connectivity index (χ1) is 12.3. The van der Waals surface area contributed by atoms with Gasteiger partial charge in [-0.2, -0.15) is 0 Å². The van der Waals surface area contributed by atoms with Crippen molar-refractivity contribution >= 4 is 23.0 Å². The number of carbonyl (C=O) groups is 2. The minimum Gasteiger partial charge on any atom is -0.387 e. The maximum absolute atomic E-state index is 12.9. The van der Waals surface area contributed by atoms with Crippen LogP contribution in [0.15, 0.2) is 35.7 Å². The summed E-state index contributed by atoms with van der Waals surface area (Å²) in [5, 5.41) is 12.5. The number of hydrogen-bond acceptors (Lipinski definition) is 5. The molecule has 1 aliphatic rings. The minimum atomic E-state index is -0.855. The molecule has 0 saturated carbocycles. The summed E-state index contributed by atoms with van der Waals surface area (Å²) in [6.45, 7) is 2.98. The number of likely N-dealkylation sites (N-methyl/N-ethyl adjacent to an activating group) is 1. The van der Waals surface area contributed by atoms with Crippen LogP contribution >= 0.6 is 11.3 Å². The Bertz CT molecular complexity index is 830. The molecule has 138 valence electrons. The Morgan fingerprint density at radius 2 is 2.08 bits per heavy atom. The highest BCUT2D eigenvalue weighted by Gasteiger charge is 2.38. The predicted molar refractivity (Wildman–Crippen MR) is 104 cm³/mol. The van der Waals surface area contributed by atoms with Crippen molar-refractivity contribution in [3.05, 3.63) is 46.2 Å². The molecule has 0 spiro atoms. The van der Waals surface area contributed by atoms with Gasteiger partial charge < -0.3 is 14.9 Å². The fraction of sp³-hybridized carbons (Fsp3) is 0.400. The van der Waals surface area contributed by atoms with E-state index in [1.54, 1.807) is 17.9 Å². The van der Waals surface area contributed by atoms with Crippen LogP contribution in [-0.2, 0) is 0 Å². The number of rotatable bonds is 5. The fourth-order valence-electron chi connectivity index (χ4n) is 3.56. The van der Waals surface area contributed by atoms with Crippen molar-refractivity contribution in [3.63, 3.8) is 0 Å². The van der Waals surface area contributed by atoms with Gasteiger partial charge in [-0.3, -0.25) is 9.59 Å². The van der Waals surface area contributed by atoms with Crippen LogP contribution in [0, 0.1) is 0 Å². The van der Waals surface area contributed by atoms with Crippen LogP contribution < -0.4 is 0 Å². The van der Waals surface area contributed by atoms with Crippen LogP contribution in [0.5, 0.6) is 0 Å². The van der Waals surface area contributed by atoms with Gasteiger partial charge in [0.15, 0.2) is 5.78 Å². The van der Waals surface area contributed by atoms with Crippen LogP contribution in [0.2, 0.25) is 0 Å². The Labute approximate surface area is 157 Å². The highest BCUT2D eigenvalue weighted by Crippen LogP contribution is 2.30. The molecule has 1 aliphatic heterocycles. The number of Topliss-reactive ketones (excluding diaryl/α,β-unsaturated/α-hetero) is 1. The maximum Gasteiger partial charge on any atom is 0.253 e. The summed E-state index contributed by atoms with van der Waals surface area (Å²) in [5.74, 6) is -0.0545. The third-order valence-corrected chi connectivity index (χ3v) is 5.65. The molecule has 3 rings (SSSR count). The smallest absolute Gasteiger partial charge is 0.253 e. The zero-order valence-corrected chi connectivity index (χ0v) is 16.2. The molecule has 1 atom stereocenters. The molecule has 6 heteroatoms. The average Bonchev–Trinajstić information content (AvgIpc) is 3.20. The number of benzene rings is 1. The molecule has 1 aromatic carbocycles. The van der Waals surface area contributed by atoms with Crippen molar-refractivity contribution in [2.45, 2.75) is 18.9 Å². The average molecular weight is 372 g/mol. The van der Waals surface area contributed by atoms with Gasteiger partial charge in [-0.05, 0) is 56.6 Å². The van der Waals surface area contributed by atoms with E-state index in [-0.39, 0.29) is 11.7 Å². The van der Waals surface area contributed by atoms with Crippen molar-refractivity contribution in [1.29, 1.82) is 0 Å². The van der Waals surface area contributed by atoms with Crippen molar-refractivity contribution < 1.29 is 14.7 Å². The van der Waals surface area contributed by atoms with Crippen LogP contribution in [-0.4, -0.2) is 65.9 Å². The summed E-state index contributed by atoms with van der Waals surface area (Å²) in [7, 11) is 3.83. The van der Waals surface area contributed by atoms with E-state index in [9.17, 15) is 14.7 Å². The molecule has 26 heavy (non-hydrogen) atoms. The lowest BCUT2D eigenvalue weighted by molar-refractivity contribution is 0.0236. The molecule has 1 saturated heterocycles. The first-order valence-corrected chi connectivity index (χ1v) is 9.52. The zero-order chi connectivity index (χ0) is 18.9. The van der Waals surface area contributed by atoms with Gasteiger partial charge in [0.05, 0.1) is 17.0 Å². The summed E-state index contributed by atoms with van der Waals surface area (Å²) in [5.41, 5.74) is 1.45. The van der Waals surface area contributed by atoms with Crippen LogP contribution in [0.4, 0.5) is 0 Å². The van der Waals surface area contributed by atoms with Gasteiger partial charge >= 0.3 is 0 Å². The number of ketones is 1. The Kier molecular flexibility index (Phi) is 5.27. The van der Waals surface area contributed by atoms with Gasteiger partial charge in [-0.25, -0.2) is 0 Å². The Hall–Kier alpha value is -2.02. The molecule has 5 nitrogen and oxygen atoms in total. The molecular weight excluding hydrogens is 348 g/mol. The summed E-state index contributed by atoms with van der Waals surface area (Å²) in [6, 6.07) is 9.29. The van der Waals surface area contributed by atoms with Crippen LogP contribution in [0.3, 0.4) is 0 Å². The largest absolute Gasteiger partial charge is 0.387 e. The van der Waals surface area contributed by atoms with E-state index in [1.165, 1.54) is 11.3 Å². The number of thiophene rings is 1. The molecule has 1 fully saturated rings. The highest BCUT2D eigenvalue weighted by molar-refractivity contribution is 7.12. The van der Waals surface area contributed by atoms with Gasteiger partial charge in [0.1, 0.15) is 0 Å². The van der Waals surface area contributed by atoms with E-state index in [4.69, 9.17) is 0 Å². The molecule has 1 N–H and O–H groups in total. The number of carbonyl (C=O) groups excluding carboxylic acids is 2. The summed E-state index contributed by atoms with van der Waals surface area (Å²) < 4.78 is 0. The van der Waals surface area contributed by atoms with Gasteiger partial charge in [0.25, 0.3) is 5.91 Å². The normalized spacial score (nSPS) is 20.0. The van der Waals surface area contributed by atoms with E-state index in [0.717, 1.165) is 11.1 Å².